The SMILES string of the molecule is N#Cc1cccc(S(=O)(=O)Nc2ccc3sccc3c2)c1. The fourth-order valence-corrected chi connectivity index (χ4v) is 3.84. The molecule has 0 amide bonds. The van der Waals surface area contributed by atoms with Gasteiger partial charge in [-0.3, -0.25) is 4.72 Å². The lowest BCUT2D eigenvalue weighted by atomic mass is 10.2. The van der Waals surface area contributed by atoms with Crippen molar-refractivity contribution < 1.29 is 8.42 Å². The molecule has 6 heteroatoms. The van der Waals surface area contributed by atoms with Crippen LogP contribution in [0.15, 0.2) is 58.8 Å². The first-order chi connectivity index (χ1) is 10.1. The topological polar surface area (TPSA) is 70.0 Å². The molecule has 3 aromatic rings. The van der Waals surface area contributed by atoms with Crippen molar-refractivity contribution in [3.05, 3.63) is 59.5 Å². The fourth-order valence-electron chi connectivity index (χ4n) is 1.98. The van der Waals surface area contributed by atoms with E-state index in [-0.39, 0.29) is 4.90 Å². The molecule has 1 N–H and O–H groups in total. The minimum absolute atomic E-state index is 0.0759. The van der Waals surface area contributed by atoms with Crippen LogP contribution in [0.2, 0.25) is 0 Å². The zero-order chi connectivity index (χ0) is 14.9. The lowest BCUT2D eigenvalue weighted by Gasteiger charge is -2.08. The average Bonchev–Trinajstić information content (AvgIpc) is 2.94. The first kappa shape index (κ1) is 13.6. The van der Waals surface area contributed by atoms with E-state index in [1.54, 1.807) is 35.6 Å². The van der Waals surface area contributed by atoms with Gasteiger partial charge in [0.25, 0.3) is 10.0 Å². The first-order valence-corrected chi connectivity index (χ1v) is 8.45. The van der Waals surface area contributed by atoms with E-state index in [9.17, 15) is 8.42 Å². The average molecular weight is 314 g/mol. The molecule has 4 nitrogen and oxygen atoms in total. The molecule has 0 aliphatic rings. The van der Waals surface area contributed by atoms with Gasteiger partial charge in [0, 0.05) is 10.4 Å². The van der Waals surface area contributed by atoms with E-state index in [2.05, 4.69) is 4.72 Å². The first-order valence-electron chi connectivity index (χ1n) is 6.09. The smallest absolute Gasteiger partial charge is 0.261 e. The molecule has 0 fully saturated rings. The number of nitrogens with zero attached hydrogens (tertiary/aromatic N) is 1. The van der Waals surface area contributed by atoms with Crippen LogP contribution in [0.5, 0.6) is 0 Å². The normalized spacial score (nSPS) is 11.2. The van der Waals surface area contributed by atoms with Crippen molar-refractivity contribution in [2.24, 2.45) is 0 Å². The maximum absolute atomic E-state index is 12.3. The number of hydrogen-bond acceptors (Lipinski definition) is 4. The van der Waals surface area contributed by atoms with Gasteiger partial charge in [-0.2, -0.15) is 5.26 Å². The number of sulfonamides is 1. The molecular formula is C15H10N2O2S2. The highest BCUT2D eigenvalue weighted by atomic mass is 32.2. The number of benzene rings is 2. The van der Waals surface area contributed by atoms with Gasteiger partial charge in [-0.15, -0.1) is 11.3 Å². The highest BCUT2D eigenvalue weighted by molar-refractivity contribution is 7.92. The van der Waals surface area contributed by atoms with Gasteiger partial charge in [-0.1, -0.05) is 6.07 Å². The largest absolute Gasteiger partial charge is 0.280 e. The molecule has 21 heavy (non-hydrogen) atoms. The molecule has 0 saturated carbocycles. The molecular weight excluding hydrogens is 304 g/mol. The Bertz CT molecular complexity index is 953. The molecule has 0 spiro atoms. The van der Waals surface area contributed by atoms with Gasteiger partial charge in [0.2, 0.25) is 0 Å². The summed E-state index contributed by atoms with van der Waals surface area (Å²) >= 11 is 1.60. The number of fused-ring (bicyclic) bond motifs is 1. The van der Waals surface area contributed by atoms with E-state index >= 15 is 0 Å². The minimum atomic E-state index is -3.70. The molecule has 3 rings (SSSR count). The Hall–Kier alpha value is -2.36. The maximum Gasteiger partial charge on any atom is 0.261 e. The Morgan fingerprint density at radius 3 is 2.76 bits per heavy atom. The highest BCUT2D eigenvalue weighted by Gasteiger charge is 2.14. The molecule has 1 aromatic heterocycles. The van der Waals surface area contributed by atoms with Crippen molar-refractivity contribution in [2.75, 3.05) is 4.72 Å². The van der Waals surface area contributed by atoms with Crippen molar-refractivity contribution in [1.29, 1.82) is 5.26 Å². The van der Waals surface area contributed by atoms with Crippen LogP contribution in [0.1, 0.15) is 5.56 Å². The summed E-state index contributed by atoms with van der Waals surface area (Å²) in [5.74, 6) is 0. The van der Waals surface area contributed by atoms with E-state index in [0.29, 0.717) is 11.3 Å². The third-order valence-corrected chi connectivity index (χ3v) is 5.25. The van der Waals surface area contributed by atoms with E-state index in [1.807, 2.05) is 23.6 Å². The van der Waals surface area contributed by atoms with E-state index in [0.717, 1.165) is 10.1 Å². The Kier molecular flexibility index (Phi) is 3.37. The number of nitrogens with one attached hydrogen (secondary N) is 1. The van der Waals surface area contributed by atoms with Crippen molar-refractivity contribution >= 4 is 37.1 Å². The fraction of sp³-hybridized carbons (Fsp3) is 0. The summed E-state index contributed by atoms with van der Waals surface area (Å²) < 4.78 is 28.3. The van der Waals surface area contributed by atoms with Gasteiger partial charge in [-0.25, -0.2) is 8.42 Å². The van der Waals surface area contributed by atoms with Crippen LogP contribution < -0.4 is 4.72 Å². The highest BCUT2D eigenvalue weighted by Crippen LogP contribution is 2.25. The lowest BCUT2D eigenvalue weighted by molar-refractivity contribution is 0.601. The molecule has 0 aliphatic heterocycles. The van der Waals surface area contributed by atoms with Crippen LogP contribution in [-0.4, -0.2) is 8.42 Å². The quantitative estimate of drug-likeness (QED) is 0.803. The van der Waals surface area contributed by atoms with Crippen LogP contribution in [0.25, 0.3) is 10.1 Å². The lowest BCUT2D eigenvalue weighted by Crippen LogP contribution is -2.12. The predicted octanol–water partition coefficient (Wildman–Crippen LogP) is 3.57. The van der Waals surface area contributed by atoms with Gasteiger partial charge in [0.05, 0.1) is 16.5 Å². The zero-order valence-electron chi connectivity index (χ0n) is 10.8. The molecule has 0 aliphatic carbocycles. The second-order valence-electron chi connectivity index (χ2n) is 4.42. The molecule has 0 unspecified atom stereocenters. The van der Waals surface area contributed by atoms with Crippen molar-refractivity contribution in [1.82, 2.24) is 0 Å². The van der Waals surface area contributed by atoms with E-state index in [1.165, 1.54) is 12.1 Å². The second kappa shape index (κ2) is 5.20. The summed E-state index contributed by atoms with van der Waals surface area (Å²) in [6.07, 6.45) is 0. The van der Waals surface area contributed by atoms with Crippen molar-refractivity contribution in [3.8, 4) is 6.07 Å². The van der Waals surface area contributed by atoms with Gasteiger partial charge in [0.1, 0.15) is 0 Å². The molecule has 104 valence electrons. The molecule has 0 radical (unpaired) electrons. The molecule has 2 aromatic carbocycles. The van der Waals surface area contributed by atoms with E-state index in [4.69, 9.17) is 5.26 Å². The Morgan fingerprint density at radius 1 is 1.10 bits per heavy atom. The van der Waals surface area contributed by atoms with Crippen molar-refractivity contribution in [2.45, 2.75) is 4.90 Å². The van der Waals surface area contributed by atoms with E-state index < -0.39 is 10.0 Å². The van der Waals surface area contributed by atoms with Crippen LogP contribution in [0.3, 0.4) is 0 Å². The zero-order valence-corrected chi connectivity index (χ0v) is 12.4. The van der Waals surface area contributed by atoms with Gasteiger partial charge < -0.3 is 0 Å². The number of anilines is 1. The van der Waals surface area contributed by atoms with Crippen LogP contribution >= 0.6 is 11.3 Å². The monoisotopic (exact) mass is 314 g/mol. The predicted molar refractivity (Wildman–Crippen MR) is 83.8 cm³/mol. The van der Waals surface area contributed by atoms with Gasteiger partial charge >= 0.3 is 0 Å². The summed E-state index contributed by atoms with van der Waals surface area (Å²) in [5.41, 5.74) is 0.814. The van der Waals surface area contributed by atoms with Crippen LogP contribution in [-0.2, 0) is 10.0 Å². The molecule has 0 atom stereocenters. The van der Waals surface area contributed by atoms with Gasteiger partial charge in [0.15, 0.2) is 0 Å². The Labute approximate surface area is 126 Å². The number of thiophene rings is 1. The maximum atomic E-state index is 12.3. The summed E-state index contributed by atoms with van der Waals surface area (Å²) in [7, 11) is -3.70. The minimum Gasteiger partial charge on any atom is -0.280 e. The Balaban J connectivity index is 1.96. The van der Waals surface area contributed by atoms with Gasteiger partial charge in [-0.05, 0) is 53.2 Å². The number of hydrogen-bond donors (Lipinski definition) is 1. The summed E-state index contributed by atoms with van der Waals surface area (Å²) in [4.78, 5) is 0.0759. The number of rotatable bonds is 3. The summed E-state index contributed by atoms with van der Waals surface area (Å²) in [6, 6.07) is 15.2. The molecule has 1 heterocycles. The number of nitriles is 1. The molecule has 0 bridgehead atoms. The molecule has 0 saturated heterocycles. The standard InChI is InChI=1S/C15H10N2O2S2/c16-10-11-2-1-3-14(8-11)21(18,19)17-13-4-5-15-12(9-13)6-7-20-15/h1-9,17H. The second-order valence-corrected chi connectivity index (χ2v) is 7.05. The van der Waals surface area contributed by atoms with Crippen LogP contribution in [0.4, 0.5) is 5.69 Å². The summed E-state index contributed by atoms with van der Waals surface area (Å²) in [5, 5.41) is 11.8. The Morgan fingerprint density at radius 2 is 1.95 bits per heavy atom. The van der Waals surface area contributed by atoms with Crippen LogP contribution in [0, 0.1) is 11.3 Å². The van der Waals surface area contributed by atoms with Crippen molar-refractivity contribution in [3.63, 3.8) is 0 Å². The third kappa shape index (κ3) is 2.75. The third-order valence-electron chi connectivity index (χ3n) is 2.98. The summed E-state index contributed by atoms with van der Waals surface area (Å²) in [6.45, 7) is 0.